The molecule has 1 N–H and O–H groups in total. The van der Waals surface area contributed by atoms with Crippen molar-refractivity contribution >= 4 is 37.7 Å². The summed E-state index contributed by atoms with van der Waals surface area (Å²) in [4.78, 5) is 0. The molecule has 0 saturated heterocycles. The van der Waals surface area contributed by atoms with Gasteiger partial charge >= 0.3 is 0 Å². The molecule has 0 amide bonds. The fourth-order valence-electron chi connectivity index (χ4n) is 1.17. The molecule has 0 atom stereocenters. The number of nitrogens with zero attached hydrogens (tertiary/aromatic N) is 2. The molecule has 0 aliphatic carbocycles. The van der Waals surface area contributed by atoms with E-state index < -0.39 is 0 Å². The Morgan fingerprint density at radius 2 is 2.33 bits per heavy atom. The Balaban J connectivity index is 1.99. The molecule has 0 saturated carbocycles. The van der Waals surface area contributed by atoms with E-state index in [1.807, 2.05) is 25.4 Å². The van der Waals surface area contributed by atoms with Gasteiger partial charge in [0.25, 0.3) is 0 Å². The lowest BCUT2D eigenvalue weighted by atomic mass is 10.4. The summed E-state index contributed by atoms with van der Waals surface area (Å²) in [5, 5.41) is 7.35. The maximum absolute atomic E-state index is 5.42. The third-order valence-corrected chi connectivity index (χ3v) is 3.56. The molecule has 80 valence electrons. The van der Waals surface area contributed by atoms with Crippen LogP contribution in [-0.4, -0.2) is 9.78 Å². The lowest BCUT2D eigenvalue weighted by Crippen LogP contribution is -1.99. The average Bonchev–Trinajstić information content (AvgIpc) is 2.72. The van der Waals surface area contributed by atoms with Gasteiger partial charge in [-0.2, -0.15) is 5.10 Å². The third-order valence-electron chi connectivity index (χ3n) is 1.85. The minimum atomic E-state index is 0.612. The van der Waals surface area contributed by atoms with Crippen LogP contribution in [-0.2, 0) is 13.6 Å². The van der Waals surface area contributed by atoms with Crippen molar-refractivity contribution in [3.05, 3.63) is 33.2 Å². The van der Waals surface area contributed by atoms with Crippen LogP contribution in [0.15, 0.2) is 31.9 Å². The van der Waals surface area contributed by atoms with Gasteiger partial charge < -0.3 is 9.73 Å². The number of aromatic nitrogens is 2. The van der Waals surface area contributed by atoms with Gasteiger partial charge in [-0.25, -0.2) is 0 Å². The molecule has 0 aromatic carbocycles. The summed E-state index contributed by atoms with van der Waals surface area (Å²) in [7, 11) is 1.88. The van der Waals surface area contributed by atoms with Crippen molar-refractivity contribution in [3.8, 4) is 0 Å². The fourth-order valence-corrected chi connectivity index (χ4v) is 1.82. The maximum Gasteiger partial charge on any atom is 0.183 e. The number of hydrogen-bond donors (Lipinski definition) is 1. The van der Waals surface area contributed by atoms with Crippen LogP contribution in [0.5, 0.6) is 0 Å². The third kappa shape index (κ3) is 2.63. The zero-order valence-electron chi connectivity index (χ0n) is 8.00. The fraction of sp³-hybridized carbons (Fsp3) is 0.222. The minimum Gasteiger partial charge on any atom is -0.451 e. The van der Waals surface area contributed by atoms with Gasteiger partial charge in [0.1, 0.15) is 11.6 Å². The Bertz CT molecular complexity index is 444. The smallest absolute Gasteiger partial charge is 0.183 e. The first kappa shape index (κ1) is 10.8. The first-order valence-electron chi connectivity index (χ1n) is 4.32. The number of rotatable bonds is 3. The standard InChI is InChI=1S/C9H9Br2N3O/c1-14-3-2-8(13-14)12-5-6-4-7(10)9(11)15-6/h2-4H,5H2,1H3,(H,12,13). The molecule has 0 radical (unpaired) electrons. The number of anilines is 1. The van der Waals surface area contributed by atoms with Gasteiger partial charge in [-0.3, -0.25) is 4.68 Å². The molecule has 0 aliphatic heterocycles. The van der Waals surface area contributed by atoms with Gasteiger partial charge in [0, 0.05) is 19.3 Å². The minimum absolute atomic E-state index is 0.612. The number of hydrogen-bond acceptors (Lipinski definition) is 3. The van der Waals surface area contributed by atoms with E-state index in [-0.39, 0.29) is 0 Å². The molecule has 2 aromatic heterocycles. The van der Waals surface area contributed by atoms with E-state index in [1.54, 1.807) is 4.68 Å². The summed E-state index contributed by atoms with van der Waals surface area (Å²) in [6.45, 7) is 0.612. The van der Waals surface area contributed by atoms with Gasteiger partial charge in [-0.05, 0) is 37.9 Å². The van der Waals surface area contributed by atoms with Crippen molar-refractivity contribution in [2.45, 2.75) is 6.54 Å². The summed E-state index contributed by atoms with van der Waals surface area (Å²) in [5.74, 6) is 1.68. The van der Waals surface area contributed by atoms with Crippen LogP contribution in [0.3, 0.4) is 0 Å². The van der Waals surface area contributed by atoms with Crippen LogP contribution in [0.2, 0.25) is 0 Å². The first-order valence-corrected chi connectivity index (χ1v) is 5.91. The summed E-state index contributed by atoms with van der Waals surface area (Å²) in [5.41, 5.74) is 0. The molecule has 2 aromatic rings. The van der Waals surface area contributed by atoms with E-state index in [4.69, 9.17) is 4.42 Å². The predicted molar refractivity (Wildman–Crippen MR) is 64.6 cm³/mol. The predicted octanol–water partition coefficient (Wildman–Crippen LogP) is 3.15. The molecule has 0 aliphatic rings. The van der Waals surface area contributed by atoms with Crippen molar-refractivity contribution in [2.75, 3.05) is 5.32 Å². The molecule has 0 fully saturated rings. The molecular weight excluding hydrogens is 326 g/mol. The zero-order chi connectivity index (χ0) is 10.8. The maximum atomic E-state index is 5.42. The summed E-state index contributed by atoms with van der Waals surface area (Å²) >= 11 is 6.64. The summed E-state index contributed by atoms with van der Waals surface area (Å²) in [6, 6.07) is 3.83. The average molecular weight is 335 g/mol. The molecule has 15 heavy (non-hydrogen) atoms. The Morgan fingerprint density at radius 1 is 1.53 bits per heavy atom. The number of nitrogens with one attached hydrogen (secondary N) is 1. The van der Waals surface area contributed by atoms with Crippen molar-refractivity contribution in [2.24, 2.45) is 7.05 Å². The van der Waals surface area contributed by atoms with Crippen LogP contribution < -0.4 is 5.32 Å². The topological polar surface area (TPSA) is 43.0 Å². The largest absolute Gasteiger partial charge is 0.451 e. The van der Waals surface area contributed by atoms with E-state index in [2.05, 4.69) is 42.3 Å². The number of halogens is 2. The van der Waals surface area contributed by atoms with Crippen LogP contribution in [0.1, 0.15) is 5.76 Å². The van der Waals surface area contributed by atoms with Gasteiger partial charge in [0.05, 0.1) is 11.0 Å². The SMILES string of the molecule is Cn1ccc(NCc2cc(Br)c(Br)o2)n1. The number of furan rings is 1. The zero-order valence-corrected chi connectivity index (χ0v) is 11.2. The first-order chi connectivity index (χ1) is 7.15. The summed E-state index contributed by atoms with van der Waals surface area (Å²) in [6.07, 6.45) is 1.89. The second-order valence-corrected chi connectivity index (χ2v) is 4.64. The Morgan fingerprint density at radius 3 is 2.87 bits per heavy atom. The second kappa shape index (κ2) is 4.40. The molecule has 4 nitrogen and oxygen atoms in total. The van der Waals surface area contributed by atoms with E-state index in [0.717, 1.165) is 16.1 Å². The lowest BCUT2D eigenvalue weighted by molar-refractivity contribution is 0.494. The molecular formula is C9H9Br2N3O. The van der Waals surface area contributed by atoms with Crippen molar-refractivity contribution in [1.82, 2.24) is 9.78 Å². The van der Waals surface area contributed by atoms with E-state index >= 15 is 0 Å². The quantitative estimate of drug-likeness (QED) is 0.937. The molecule has 2 rings (SSSR count). The van der Waals surface area contributed by atoms with Gasteiger partial charge in [0.15, 0.2) is 4.67 Å². The Kier molecular flexibility index (Phi) is 3.16. The molecule has 0 spiro atoms. The summed E-state index contributed by atoms with van der Waals surface area (Å²) < 4.78 is 8.79. The van der Waals surface area contributed by atoms with E-state index in [0.29, 0.717) is 11.2 Å². The normalized spacial score (nSPS) is 10.6. The van der Waals surface area contributed by atoms with Crippen LogP contribution in [0, 0.1) is 0 Å². The van der Waals surface area contributed by atoms with Crippen LogP contribution in [0.25, 0.3) is 0 Å². The van der Waals surface area contributed by atoms with E-state index in [1.165, 1.54) is 0 Å². The van der Waals surface area contributed by atoms with Gasteiger partial charge in [0.2, 0.25) is 0 Å². The second-order valence-electron chi connectivity index (χ2n) is 3.06. The highest BCUT2D eigenvalue weighted by Crippen LogP contribution is 2.26. The number of aryl methyl sites for hydroxylation is 1. The lowest BCUT2D eigenvalue weighted by Gasteiger charge is -1.98. The highest BCUT2D eigenvalue weighted by Gasteiger charge is 2.05. The Labute approximate surface area is 104 Å². The van der Waals surface area contributed by atoms with Crippen molar-refractivity contribution in [3.63, 3.8) is 0 Å². The van der Waals surface area contributed by atoms with Crippen LogP contribution in [0.4, 0.5) is 5.82 Å². The van der Waals surface area contributed by atoms with Gasteiger partial charge in [-0.1, -0.05) is 0 Å². The monoisotopic (exact) mass is 333 g/mol. The molecule has 6 heteroatoms. The van der Waals surface area contributed by atoms with E-state index in [9.17, 15) is 0 Å². The molecule has 2 heterocycles. The van der Waals surface area contributed by atoms with Crippen molar-refractivity contribution in [1.29, 1.82) is 0 Å². The molecule has 0 bridgehead atoms. The van der Waals surface area contributed by atoms with Crippen molar-refractivity contribution < 1.29 is 4.42 Å². The van der Waals surface area contributed by atoms with Gasteiger partial charge in [-0.15, -0.1) is 0 Å². The highest BCUT2D eigenvalue weighted by atomic mass is 79.9. The van der Waals surface area contributed by atoms with Crippen LogP contribution >= 0.6 is 31.9 Å². The highest BCUT2D eigenvalue weighted by molar-refractivity contribution is 9.13. The Hall–Kier alpha value is -0.750. The molecule has 0 unspecified atom stereocenters.